The van der Waals surface area contributed by atoms with Gasteiger partial charge < -0.3 is 18.8 Å². The number of thiazole rings is 1. The molecule has 0 saturated heterocycles. The quantitative estimate of drug-likeness (QED) is 0.626. The molecule has 0 spiro atoms. The lowest BCUT2D eigenvalue weighted by Crippen LogP contribution is -2.24. The topological polar surface area (TPSA) is 79.1 Å². The number of ether oxygens (including phenoxy) is 3. The summed E-state index contributed by atoms with van der Waals surface area (Å²) in [5.74, 6) is 0.689. The Morgan fingerprint density at radius 1 is 1.18 bits per heavy atom. The molecule has 152 valence electrons. The number of rotatable bonds is 8. The Labute approximate surface area is 167 Å². The summed E-state index contributed by atoms with van der Waals surface area (Å²) in [5, 5.41) is 0. The van der Waals surface area contributed by atoms with Gasteiger partial charge in [0.05, 0.1) is 16.8 Å². The van der Waals surface area contributed by atoms with Crippen LogP contribution in [0.15, 0.2) is 17.1 Å². The minimum absolute atomic E-state index is 0.00812. The van der Waals surface area contributed by atoms with E-state index in [1.54, 1.807) is 11.5 Å². The molecule has 0 atom stereocenters. The third-order valence-corrected chi connectivity index (χ3v) is 5.64. The van der Waals surface area contributed by atoms with E-state index in [1.807, 2.05) is 12.1 Å². The number of nitrogens with zero attached hydrogens (tertiary/aromatic N) is 2. The van der Waals surface area contributed by atoms with Crippen LogP contribution in [0.4, 0.5) is 0 Å². The van der Waals surface area contributed by atoms with Crippen molar-refractivity contribution in [2.45, 2.75) is 53.0 Å². The second-order valence-corrected chi connectivity index (χ2v) is 7.68. The number of hydrogen-bond donors (Lipinski definition) is 0. The molecule has 1 amide bonds. The third kappa shape index (κ3) is 4.38. The molecule has 0 unspecified atom stereocenters. The lowest BCUT2D eigenvalue weighted by atomic mass is 9.98. The van der Waals surface area contributed by atoms with Crippen LogP contribution in [0.25, 0.3) is 10.2 Å². The smallest absolute Gasteiger partial charge is 0.326 e. The maximum Gasteiger partial charge on any atom is 0.326 e. The maximum absolute atomic E-state index is 12.8. The van der Waals surface area contributed by atoms with Crippen molar-refractivity contribution in [3.05, 3.63) is 16.9 Å². The molecule has 3 rings (SSSR count). The van der Waals surface area contributed by atoms with Crippen molar-refractivity contribution < 1.29 is 23.8 Å². The lowest BCUT2D eigenvalue weighted by Gasteiger charge is -2.10. The van der Waals surface area contributed by atoms with Crippen LogP contribution in [0.3, 0.4) is 0 Å². The van der Waals surface area contributed by atoms with Gasteiger partial charge in [-0.05, 0) is 19.8 Å². The molecule has 2 heterocycles. The van der Waals surface area contributed by atoms with E-state index in [1.165, 1.54) is 11.3 Å². The van der Waals surface area contributed by atoms with Gasteiger partial charge in [0.2, 0.25) is 6.79 Å². The molecule has 28 heavy (non-hydrogen) atoms. The Hall–Kier alpha value is -2.35. The predicted molar refractivity (Wildman–Crippen MR) is 106 cm³/mol. The third-order valence-electron chi connectivity index (χ3n) is 4.60. The first kappa shape index (κ1) is 20.4. The van der Waals surface area contributed by atoms with Crippen LogP contribution in [0, 0.1) is 5.92 Å². The highest BCUT2D eigenvalue weighted by Crippen LogP contribution is 2.37. The van der Waals surface area contributed by atoms with Crippen LogP contribution in [-0.4, -0.2) is 29.8 Å². The van der Waals surface area contributed by atoms with Crippen LogP contribution in [0.5, 0.6) is 11.5 Å². The molecular formula is C20H26N2O5S. The number of fused-ring (bicyclic) bond motifs is 2. The summed E-state index contributed by atoms with van der Waals surface area (Å²) in [6.45, 7) is 6.37. The van der Waals surface area contributed by atoms with Gasteiger partial charge in [0.25, 0.3) is 5.91 Å². The van der Waals surface area contributed by atoms with Gasteiger partial charge in [-0.3, -0.25) is 9.59 Å². The lowest BCUT2D eigenvalue weighted by molar-refractivity contribution is -0.143. The summed E-state index contributed by atoms with van der Waals surface area (Å²) in [6, 6.07) is 3.69. The van der Waals surface area contributed by atoms with Crippen LogP contribution in [-0.2, 0) is 20.9 Å². The van der Waals surface area contributed by atoms with Crippen molar-refractivity contribution in [3.8, 4) is 11.5 Å². The summed E-state index contributed by atoms with van der Waals surface area (Å²) in [6.07, 6.45) is 3.50. The molecule has 0 radical (unpaired) electrons. The number of carbonyl (C=O) groups is 2. The first-order valence-corrected chi connectivity index (χ1v) is 10.6. The highest BCUT2D eigenvalue weighted by molar-refractivity contribution is 7.16. The van der Waals surface area contributed by atoms with E-state index in [2.05, 4.69) is 18.8 Å². The predicted octanol–water partition coefficient (Wildman–Crippen LogP) is 3.64. The van der Waals surface area contributed by atoms with Gasteiger partial charge in [-0.25, -0.2) is 0 Å². The normalized spacial score (nSPS) is 13.5. The van der Waals surface area contributed by atoms with Gasteiger partial charge >= 0.3 is 5.97 Å². The first-order valence-electron chi connectivity index (χ1n) is 9.74. The molecular weight excluding hydrogens is 380 g/mol. The number of hydrogen-bond acceptors (Lipinski definition) is 6. The van der Waals surface area contributed by atoms with E-state index in [0.29, 0.717) is 22.9 Å². The van der Waals surface area contributed by atoms with E-state index in [0.717, 1.165) is 35.9 Å². The minimum atomic E-state index is -0.368. The second kappa shape index (κ2) is 9.23. The monoisotopic (exact) mass is 406 g/mol. The standard InChI is InChI=1S/C20H26N2O5S/c1-4-7-13(8-5-2)19(24)21-20-22(11-18(23)25-6-3)14-9-15-16(27-12-26-15)10-17(14)28-20/h9-10,13H,4-8,11-12H2,1-3H3. The first-order chi connectivity index (χ1) is 13.6. The number of carbonyl (C=O) groups excluding carboxylic acids is 2. The van der Waals surface area contributed by atoms with Gasteiger partial charge in [0, 0.05) is 18.1 Å². The van der Waals surface area contributed by atoms with Crippen molar-refractivity contribution in [1.29, 1.82) is 0 Å². The molecule has 0 aliphatic carbocycles. The molecule has 0 saturated carbocycles. The van der Waals surface area contributed by atoms with Crippen LogP contribution in [0.1, 0.15) is 46.5 Å². The summed E-state index contributed by atoms with van der Waals surface area (Å²) in [5.41, 5.74) is 0.774. The van der Waals surface area contributed by atoms with Crippen molar-refractivity contribution in [2.24, 2.45) is 10.9 Å². The molecule has 1 aromatic heterocycles. The maximum atomic E-state index is 12.8. The Morgan fingerprint density at radius 2 is 1.86 bits per heavy atom. The van der Waals surface area contributed by atoms with Crippen LogP contribution < -0.4 is 14.3 Å². The van der Waals surface area contributed by atoms with Gasteiger partial charge in [0.15, 0.2) is 16.3 Å². The van der Waals surface area contributed by atoms with Crippen molar-refractivity contribution in [2.75, 3.05) is 13.4 Å². The van der Waals surface area contributed by atoms with Crippen LogP contribution >= 0.6 is 11.3 Å². The molecule has 0 bridgehead atoms. The Bertz CT molecular complexity index is 925. The van der Waals surface area contributed by atoms with E-state index in [-0.39, 0.29) is 31.1 Å². The average Bonchev–Trinajstić information content (AvgIpc) is 3.24. The zero-order chi connectivity index (χ0) is 20.1. The number of benzene rings is 1. The van der Waals surface area contributed by atoms with Gasteiger partial charge in [-0.2, -0.15) is 4.99 Å². The molecule has 1 aliphatic rings. The van der Waals surface area contributed by atoms with E-state index in [4.69, 9.17) is 14.2 Å². The molecule has 7 nitrogen and oxygen atoms in total. The molecule has 1 aliphatic heterocycles. The average molecular weight is 407 g/mol. The molecule has 0 N–H and O–H groups in total. The largest absolute Gasteiger partial charge is 0.465 e. The van der Waals surface area contributed by atoms with E-state index < -0.39 is 0 Å². The fraction of sp³-hybridized carbons (Fsp3) is 0.550. The minimum Gasteiger partial charge on any atom is -0.465 e. The van der Waals surface area contributed by atoms with Gasteiger partial charge in [-0.15, -0.1) is 0 Å². The SMILES string of the molecule is CCCC(CCC)C(=O)N=c1sc2cc3c(cc2n1CC(=O)OCC)OCO3. The molecule has 0 fully saturated rings. The van der Waals surface area contributed by atoms with Crippen LogP contribution in [0.2, 0.25) is 0 Å². The molecule has 8 heteroatoms. The zero-order valence-corrected chi connectivity index (χ0v) is 17.3. The number of amides is 1. The second-order valence-electron chi connectivity index (χ2n) is 6.67. The summed E-state index contributed by atoms with van der Waals surface area (Å²) in [7, 11) is 0. The molecule has 1 aromatic carbocycles. The van der Waals surface area contributed by atoms with E-state index in [9.17, 15) is 9.59 Å². The Morgan fingerprint density at radius 3 is 2.50 bits per heavy atom. The number of aromatic nitrogens is 1. The summed E-state index contributed by atoms with van der Waals surface area (Å²) >= 11 is 1.36. The summed E-state index contributed by atoms with van der Waals surface area (Å²) in [4.78, 5) is 29.8. The highest BCUT2D eigenvalue weighted by atomic mass is 32.1. The fourth-order valence-corrected chi connectivity index (χ4v) is 4.35. The Balaban J connectivity index is 2.06. The zero-order valence-electron chi connectivity index (χ0n) is 16.5. The summed E-state index contributed by atoms with van der Waals surface area (Å²) < 4.78 is 18.6. The highest BCUT2D eigenvalue weighted by Gasteiger charge is 2.21. The molecule has 2 aromatic rings. The Kier molecular flexibility index (Phi) is 6.72. The van der Waals surface area contributed by atoms with Gasteiger partial charge in [0.1, 0.15) is 6.54 Å². The fourth-order valence-electron chi connectivity index (χ4n) is 3.31. The number of esters is 1. The van der Waals surface area contributed by atoms with Gasteiger partial charge in [-0.1, -0.05) is 38.0 Å². The van der Waals surface area contributed by atoms with E-state index >= 15 is 0 Å². The van der Waals surface area contributed by atoms with Crippen molar-refractivity contribution in [1.82, 2.24) is 4.57 Å². The van der Waals surface area contributed by atoms with Crippen molar-refractivity contribution in [3.63, 3.8) is 0 Å². The van der Waals surface area contributed by atoms with Crippen molar-refractivity contribution >= 4 is 33.4 Å².